The minimum absolute atomic E-state index is 0.144. The number of ether oxygens (including phenoxy) is 2. The van der Waals surface area contributed by atoms with Crippen LogP contribution in [-0.2, 0) is 11.2 Å². The van der Waals surface area contributed by atoms with Crippen molar-refractivity contribution in [2.24, 2.45) is 0 Å². The van der Waals surface area contributed by atoms with Crippen LogP contribution in [0.3, 0.4) is 0 Å². The first-order valence-electron chi connectivity index (χ1n) is 8.75. The van der Waals surface area contributed by atoms with Crippen molar-refractivity contribution in [2.45, 2.75) is 18.2 Å². The summed E-state index contributed by atoms with van der Waals surface area (Å²) in [6.45, 7) is 2.65. The zero-order valence-corrected chi connectivity index (χ0v) is 17.8. The highest BCUT2D eigenvalue weighted by Gasteiger charge is 2.06. The fourth-order valence-corrected chi connectivity index (χ4v) is 3.20. The maximum absolute atomic E-state index is 11.9. The van der Waals surface area contributed by atoms with E-state index in [9.17, 15) is 4.79 Å². The first-order valence-corrected chi connectivity index (χ1v) is 10.1. The van der Waals surface area contributed by atoms with Crippen molar-refractivity contribution in [1.29, 1.82) is 0 Å². The Bertz CT molecular complexity index is 798. The highest BCUT2D eigenvalue weighted by atomic mass is 32.2. The lowest BCUT2D eigenvalue weighted by Crippen LogP contribution is -2.47. The number of benzene rings is 2. The number of carbonyl (C=O) groups excluding carboxylic acids is 1. The van der Waals surface area contributed by atoms with E-state index in [1.165, 1.54) is 17.3 Å². The quantitative estimate of drug-likeness (QED) is 0.345. The van der Waals surface area contributed by atoms with Gasteiger partial charge in [0, 0.05) is 11.4 Å². The number of hydrazine groups is 1. The predicted octanol–water partition coefficient (Wildman–Crippen LogP) is 2.84. The van der Waals surface area contributed by atoms with Crippen molar-refractivity contribution in [3.63, 3.8) is 0 Å². The molecule has 0 heterocycles. The van der Waals surface area contributed by atoms with Crippen LogP contribution >= 0.6 is 24.0 Å². The minimum atomic E-state index is -0.144. The summed E-state index contributed by atoms with van der Waals surface area (Å²) in [5, 5.41) is 3.43. The zero-order valence-electron chi connectivity index (χ0n) is 16.2. The Hall–Kier alpha value is -2.45. The van der Waals surface area contributed by atoms with E-state index < -0.39 is 0 Å². The molecule has 0 fully saturated rings. The molecule has 0 aromatic heterocycles. The van der Waals surface area contributed by atoms with Crippen LogP contribution in [-0.4, -0.2) is 37.5 Å². The molecular weight excluding hydrogens is 394 g/mol. The third kappa shape index (κ3) is 7.28. The number of hydrogen-bond donors (Lipinski definition) is 3. The van der Waals surface area contributed by atoms with Crippen molar-refractivity contribution in [1.82, 2.24) is 16.2 Å². The molecule has 0 bridgehead atoms. The van der Waals surface area contributed by atoms with Crippen molar-refractivity contribution >= 4 is 35.0 Å². The van der Waals surface area contributed by atoms with Crippen molar-refractivity contribution < 1.29 is 14.3 Å². The second-order valence-electron chi connectivity index (χ2n) is 5.97. The number of hydrogen-bond acceptors (Lipinski definition) is 5. The van der Waals surface area contributed by atoms with E-state index in [-0.39, 0.29) is 5.91 Å². The first-order chi connectivity index (χ1) is 13.5. The molecular formula is C20H25N3O3S2. The van der Waals surface area contributed by atoms with E-state index in [0.717, 1.165) is 16.9 Å². The van der Waals surface area contributed by atoms with Crippen LogP contribution in [0.25, 0.3) is 0 Å². The summed E-state index contributed by atoms with van der Waals surface area (Å²) in [6.07, 6.45) is 0.749. The van der Waals surface area contributed by atoms with E-state index in [1.54, 1.807) is 14.2 Å². The summed E-state index contributed by atoms with van der Waals surface area (Å²) < 4.78 is 10.5. The number of rotatable bonds is 8. The molecule has 0 atom stereocenters. The average molecular weight is 420 g/mol. The lowest BCUT2D eigenvalue weighted by Gasteiger charge is -2.12. The van der Waals surface area contributed by atoms with Gasteiger partial charge in [-0.3, -0.25) is 15.6 Å². The molecule has 0 spiro atoms. The van der Waals surface area contributed by atoms with Crippen molar-refractivity contribution in [3.8, 4) is 11.5 Å². The van der Waals surface area contributed by atoms with Crippen LogP contribution < -0.4 is 25.6 Å². The maximum atomic E-state index is 11.9. The van der Waals surface area contributed by atoms with Gasteiger partial charge >= 0.3 is 0 Å². The standard InChI is InChI=1S/C20H25N3O3S2/c1-14-4-7-16(8-5-14)28-13-19(24)22-23-20(27)21-11-10-15-6-9-17(25-2)18(12-15)26-3/h4-9,12H,10-11,13H2,1-3H3,(H,22,24)(H2,21,23,27). The van der Waals surface area contributed by atoms with Gasteiger partial charge in [0.05, 0.1) is 20.0 Å². The monoisotopic (exact) mass is 419 g/mol. The van der Waals surface area contributed by atoms with Gasteiger partial charge in [-0.1, -0.05) is 23.8 Å². The Balaban J connectivity index is 1.65. The maximum Gasteiger partial charge on any atom is 0.248 e. The first kappa shape index (κ1) is 21.8. The topological polar surface area (TPSA) is 71.6 Å². The van der Waals surface area contributed by atoms with Gasteiger partial charge in [0.1, 0.15) is 0 Å². The number of aryl methyl sites for hydroxylation is 1. The molecule has 2 aromatic rings. The molecule has 0 aliphatic carbocycles. The Morgan fingerprint density at radius 3 is 2.43 bits per heavy atom. The lowest BCUT2D eigenvalue weighted by atomic mass is 10.1. The molecule has 2 rings (SSSR count). The molecule has 0 radical (unpaired) electrons. The van der Waals surface area contributed by atoms with E-state index in [2.05, 4.69) is 16.2 Å². The van der Waals surface area contributed by atoms with Gasteiger partial charge in [-0.2, -0.15) is 0 Å². The summed E-state index contributed by atoms with van der Waals surface area (Å²) in [7, 11) is 3.22. The number of nitrogens with one attached hydrogen (secondary N) is 3. The Morgan fingerprint density at radius 1 is 1.04 bits per heavy atom. The number of carbonyl (C=O) groups is 1. The van der Waals surface area contributed by atoms with E-state index in [4.69, 9.17) is 21.7 Å². The molecule has 150 valence electrons. The van der Waals surface area contributed by atoms with Gasteiger partial charge in [-0.05, 0) is 55.4 Å². The van der Waals surface area contributed by atoms with Crippen LogP contribution in [0.15, 0.2) is 47.4 Å². The highest BCUT2D eigenvalue weighted by Crippen LogP contribution is 2.27. The molecule has 2 aromatic carbocycles. The molecule has 1 amide bonds. The number of methoxy groups -OCH3 is 2. The molecule has 0 saturated heterocycles. The molecule has 0 unspecified atom stereocenters. The minimum Gasteiger partial charge on any atom is -0.493 e. The molecule has 28 heavy (non-hydrogen) atoms. The van der Waals surface area contributed by atoms with Gasteiger partial charge in [-0.25, -0.2) is 0 Å². The third-order valence-electron chi connectivity index (χ3n) is 3.85. The highest BCUT2D eigenvalue weighted by molar-refractivity contribution is 8.00. The smallest absolute Gasteiger partial charge is 0.248 e. The van der Waals surface area contributed by atoms with E-state index in [1.807, 2.05) is 49.4 Å². The second kappa shape index (κ2) is 11.4. The number of thiocarbonyl (C=S) groups is 1. The van der Waals surface area contributed by atoms with Gasteiger partial charge < -0.3 is 14.8 Å². The Morgan fingerprint density at radius 2 is 1.75 bits per heavy atom. The van der Waals surface area contributed by atoms with Gasteiger partial charge in [0.2, 0.25) is 5.91 Å². The number of amides is 1. The van der Waals surface area contributed by atoms with Crippen molar-refractivity contribution in [2.75, 3.05) is 26.5 Å². The average Bonchev–Trinajstić information content (AvgIpc) is 2.71. The molecule has 0 aliphatic heterocycles. The predicted molar refractivity (Wildman–Crippen MR) is 117 cm³/mol. The fourth-order valence-electron chi connectivity index (χ4n) is 2.35. The lowest BCUT2D eigenvalue weighted by molar-refractivity contribution is -0.119. The fraction of sp³-hybridized carbons (Fsp3) is 0.300. The number of thioether (sulfide) groups is 1. The van der Waals surface area contributed by atoms with Crippen LogP contribution in [0, 0.1) is 6.92 Å². The molecule has 0 aliphatic rings. The summed E-state index contributed by atoms with van der Waals surface area (Å²) >= 11 is 6.65. The van der Waals surface area contributed by atoms with E-state index >= 15 is 0 Å². The summed E-state index contributed by atoms with van der Waals surface area (Å²) in [5.41, 5.74) is 7.60. The molecule has 0 saturated carbocycles. The normalized spacial score (nSPS) is 10.1. The Kier molecular flexibility index (Phi) is 8.90. The third-order valence-corrected chi connectivity index (χ3v) is 5.11. The largest absolute Gasteiger partial charge is 0.493 e. The van der Waals surface area contributed by atoms with Crippen LogP contribution in [0.1, 0.15) is 11.1 Å². The summed E-state index contributed by atoms with van der Waals surface area (Å²) in [4.78, 5) is 13.0. The van der Waals surface area contributed by atoms with Crippen LogP contribution in [0.5, 0.6) is 11.5 Å². The zero-order chi connectivity index (χ0) is 20.4. The molecule has 8 heteroatoms. The van der Waals surface area contributed by atoms with Gasteiger partial charge in [-0.15, -0.1) is 11.8 Å². The Labute approximate surface area is 175 Å². The summed E-state index contributed by atoms with van der Waals surface area (Å²) in [5.74, 6) is 1.56. The molecule has 3 N–H and O–H groups in total. The van der Waals surface area contributed by atoms with E-state index in [0.29, 0.717) is 28.9 Å². The van der Waals surface area contributed by atoms with Gasteiger partial charge in [0.25, 0.3) is 0 Å². The second-order valence-corrected chi connectivity index (χ2v) is 7.43. The van der Waals surface area contributed by atoms with Gasteiger partial charge in [0.15, 0.2) is 16.6 Å². The summed E-state index contributed by atoms with van der Waals surface area (Å²) in [6, 6.07) is 13.8. The van der Waals surface area contributed by atoms with Crippen LogP contribution in [0.4, 0.5) is 0 Å². The van der Waals surface area contributed by atoms with Crippen molar-refractivity contribution in [3.05, 3.63) is 53.6 Å². The van der Waals surface area contributed by atoms with Crippen LogP contribution in [0.2, 0.25) is 0 Å². The SMILES string of the molecule is COc1ccc(CCNC(=S)NNC(=O)CSc2ccc(C)cc2)cc1OC. The molecule has 6 nitrogen and oxygen atoms in total.